The number of H-pyrrole nitrogens is 1. The van der Waals surface area contributed by atoms with Gasteiger partial charge >= 0.3 is 5.97 Å². The van der Waals surface area contributed by atoms with Crippen LogP contribution in [-0.4, -0.2) is 28.6 Å². The number of esters is 1. The zero-order valence-corrected chi connectivity index (χ0v) is 15.9. The van der Waals surface area contributed by atoms with E-state index >= 15 is 0 Å². The number of aromatic amines is 1. The Morgan fingerprint density at radius 1 is 1.08 bits per heavy atom. The second-order valence-corrected chi connectivity index (χ2v) is 6.69. The quantitative estimate of drug-likeness (QED) is 0.598. The summed E-state index contributed by atoms with van der Waals surface area (Å²) in [6, 6.07) is 9.69. The summed E-state index contributed by atoms with van der Waals surface area (Å²) in [5.41, 5.74) is 3.13. The number of nitrogens with one attached hydrogen (secondary N) is 1. The smallest absolute Gasteiger partial charge is 0.307 e. The van der Waals surface area contributed by atoms with Gasteiger partial charge in [-0.2, -0.15) is 0 Å². The molecule has 1 N–H and O–H groups in total. The Labute approximate surface area is 153 Å². The first kappa shape index (κ1) is 19.6. The largest absolute Gasteiger partial charge is 0.454 e. The second kappa shape index (κ2) is 8.13. The van der Waals surface area contributed by atoms with E-state index in [0.717, 1.165) is 5.56 Å². The summed E-state index contributed by atoms with van der Waals surface area (Å²) >= 11 is 0. The van der Waals surface area contributed by atoms with Crippen LogP contribution in [0.25, 0.3) is 0 Å². The van der Waals surface area contributed by atoms with Crippen molar-refractivity contribution in [1.82, 2.24) is 4.98 Å². The van der Waals surface area contributed by atoms with Crippen molar-refractivity contribution in [2.24, 2.45) is 0 Å². The first-order chi connectivity index (χ1) is 12.2. The van der Waals surface area contributed by atoms with Crippen LogP contribution in [0.3, 0.4) is 0 Å². The van der Waals surface area contributed by atoms with Gasteiger partial charge in [0.25, 0.3) is 0 Å². The summed E-state index contributed by atoms with van der Waals surface area (Å²) in [6.45, 7) is 8.43. The molecule has 0 radical (unpaired) electrons. The van der Waals surface area contributed by atoms with Crippen LogP contribution in [0, 0.1) is 13.8 Å². The third kappa shape index (κ3) is 4.28. The molecule has 1 heterocycles. The molecule has 2 aromatic rings. The van der Waals surface area contributed by atoms with Crippen molar-refractivity contribution in [3.05, 3.63) is 58.4 Å². The molecule has 1 aromatic carbocycles. The van der Waals surface area contributed by atoms with Crippen molar-refractivity contribution < 1.29 is 19.1 Å². The zero-order chi connectivity index (χ0) is 19.4. The summed E-state index contributed by atoms with van der Waals surface area (Å²) in [5.74, 6) is -0.852. The summed E-state index contributed by atoms with van der Waals surface area (Å²) in [4.78, 5) is 39.5. The summed E-state index contributed by atoms with van der Waals surface area (Å²) in [5, 5.41) is 0. The number of rotatable bonds is 7. The van der Waals surface area contributed by atoms with E-state index in [1.807, 2.05) is 37.3 Å². The van der Waals surface area contributed by atoms with E-state index < -0.39 is 12.1 Å². The van der Waals surface area contributed by atoms with Crippen molar-refractivity contribution >= 4 is 17.5 Å². The van der Waals surface area contributed by atoms with Crippen LogP contribution in [0.1, 0.15) is 70.8 Å². The number of ether oxygens (including phenoxy) is 1. The van der Waals surface area contributed by atoms with E-state index in [4.69, 9.17) is 4.74 Å². The Morgan fingerprint density at radius 3 is 2.23 bits per heavy atom. The van der Waals surface area contributed by atoms with Crippen LogP contribution in [0.4, 0.5) is 0 Å². The molecular weight excluding hydrogens is 330 g/mol. The maximum Gasteiger partial charge on any atom is 0.307 e. The fourth-order valence-corrected chi connectivity index (χ4v) is 3.18. The minimum atomic E-state index is -0.915. The Morgan fingerprint density at radius 2 is 1.69 bits per heavy atom. The Bertz CT molecular complexity index is 820. The second-order valence-electron chi connectivity index (χ2n) is 6.69. The van der Waals surface area contributed by atoms with Crippen molar-refractivity contribution in [1.29, 1.82) is 0 Å². The third-order valence-corrected chi connectivity index (χ3v) is 4.55. The molecule has 0 fully saturated rings. The standard InChI is InChI=1S/C21H25NO4/c1-12(17-9-7-6-8-10-17)11-18(24)26-16(5)21(25)20-13(2)19(15(4)23)14(3)22-20/h6-10,12,16,22H,11H2,1-5H3/t12-,16-/m1/s1. The highest BCUT2D eigenvalue weighted by Crippen LogP contribution is 2.22. The predicted octanol–water partition coefficient (Wildman–Crippen LogP) is 4.14. The fourth-order valence-electron chi connectivity index (χ4n) is 3.18. The number of aryl methyl sites for hydroxylation is 1. The first-order valence-electron chi connectivity index (χ1n) is 8.71. The molecule has 0 saturated heterocycles. The lowest BCUT2D eigenvalue weighted by Crippen LogP contribution is -2.26. The Kier molecular flexibility index (Phi) is 6.14. The summed E-state index contributed by atoms with van der Waals surface area (Å²) in [6.07, 6.45) is -0.717. The van der Waals surface area contributed by atoms with Gasteiger partial charge < -0.3 is 9.72 Å². The number of hydrogen-bond acceptors (Lipinski definition) is 4. The van der Waals surface area contributed by atoms with Gasteiger partial charge in [0.1, 0.15) is 0 Å². The molecule has 0 amide bonds. The minimum absolute atomic E-state index is 0.00443. The molecule has 138 valence electrons. The van der Waals surface area contributed by atoms with Crippen LogP contribution < -0.4 is 0 Å². The van der Waals surface area contributed by atoms with Crippen LogP contribution in [-0.2, 0) is 9.53 Å². The lowest BCUT2D eigenvalue weighted by molar-refractivity contribution is -0.146. The normalized spacial score (nSPS) is 13.1. The number of Topliss-reactive ketones (excluding diaryl/α,β-unsaturated/α-hetero) is 2. The molecule has 0 unspecified atom stereocenters. The highest BCUT2D eigenvalue weighted by atomic mass is 16.5. The monoisotopic (exact) mass is 355 g/mol. The van der Waals surface area contributed by atoms with Gasteiger partial charge in [0.05, 0.1) is 12.1 Å². The van der Waals surface area contributed by atoms with E-state index in [1.54, 1.807) is 20.8 Å². The van der Waals surface area contributed by atoms with Crippen molar-refractivity contribution in [3.63, 3.8) is 0 Å². The lowest BCUT2D eigenvalue weighted by Gasteiger charge is -2.15. The van der Waals surface area contributed by atoms with Crippen LogP contribution in [0.15, 0.2) is 30.3 Å². The van der Waals surface area contributed by atoms with Crippen molar-refractivity contribution in [2.45, 2.75) is 53.1 Å². The zero-order valence-electron chi connectivity index (χ0n) is 15.9. The Balaban J connectivity index is 2.04. The first-order valence-corrected chi connectivity index (χ1v) is 8.71. The molecule has 0 saturated carbocycles. The van der Waals surface area contributed by atoms with Gasteiger partial charge in [0.15, 0.2) is 11.9 Å². The van der Waals surface area contributed by atoms with Crippen LogP contribution >= 0.6 is 0 Å². The fraction of sp³-hybridized carbons (Fsp3) is 0.381. The molecule has 0 bridgehead atoms. The molecule has 5 heteroatoms. The van der Waals surface area contributed by atoms with E-state index in [-0.39, 0.29) is 23.9 Å². The topological polar surface area (TPSA) is 76.2 Å². The van der Waals surface area contributed by atoms with Gasteiger partial charge in [-0.05, 0) is 44.7 Å². The van der Waals surface area contributed by atoms with Gasteiger partial charge in [0, 0.05) is 11.3 Å². The molecule has 5 nitrogen and oxygen atoms in total. The number of hydrogen-bond donors (Lipinski definition) is 1. The number of aromatic nitrogens is 1. The van der Waals surface area contributed by atoms with E-state index in [1.165, 1.54) is 6.92 Å². The average Bonchev–Trinajstić information content (AvgIpc) is 2.89. The molecule has 0 spiro atoms. The maximum absolute atomic E-state index is 12.6. The van der Waals surface area contributed by atoms with E-state index in [2.05, 4.69) is 4.98 Å². The van der Waals surface area contributed by atoms with Gasteiger partial charge in [-0.3, -0.25) is 14.4 Å². The van der Waals surface area contributed by atoms with E-state index in [9.17, 15) is 14.4 Å². The van der Waals surface area contributed by atoms with Crippen molar-refractivity contribution in [3.8, 4) is 0 Å². The number of ketones is 2. The summed E-state index contributed by atoms with van der Waals surface area (Å²) < 4.78 is 5.33. The maximum atomic E-state index is 12.6. The molecule has 2 rings (SSSR count). The molecule has 1 aromatic heterocycles. The van der Waals surface area contributed by atoms with Gasteiger partial charge in [-0.15, -0.1) is 0 Å². The van der Waals surface area contributed by atoms with Crippen molar-refractivity contribution in [2.75, 3.05) is 0 Å². The highest BCUT2D eigenvalue weighted by Gasteiger charge is 2.26. The SMILES string of the molecule is CC(=O)c1c(C)[nH]c(C(=O)[C@@H](C)OC(=O)C[C@@H](C)c2ccccc2)c1C. The number of benzene rings is 1. The average molecular weight is 355 g/mol. The molecular formula is C21H25NO4. The lowest BCUT2D eigenvalue weighted by atomic mass is 9.98. The Hall–Kier alpha value is -2.69. The number of carbonyl (C=O) groups excluding carboxylic acids is 3. The molecule has 0 aliphatic heterocycles. The molecule has 0 aliphatic carbocycles. The van der Waals surface area contributed by atoms with Gasteiger partial charge in [-0.25, -0.2) is 0 Å². The van der Waals surface area contributed by atoms with Crippen LogP contribution in [0.2, 0.25) is 0 Å². The number of carbonyl (C=O) groups is 3. The minimum Gasteiger partial charge on any atom is -0.454 e. The molecule has 2 atom stereocenters. The summed E-state index contributed by atoms with van der Waals surface area (Å²) in [7, 11) is 0. The molecule has 0 aliphatic rings. The van der Waals surface area contributed by atoms with E-state index in [0.29, 0.717) is 22.5 Å². The predicted molar refractivity (Wildman–Crippen MR) is 99.6 cm³/mol. The van der Waals surface area contributed by atoms with Gasteiger partial charge in [0.2, 0.25) is 5.78 Å². The molecule has 26 heavy (non-hydrogen) atoms. The van der Waals surface area contributed by atoms with Gasteiger partial charge in [-0.1, -0.05) is 37.3 Å². The third-order valence-electron chi connectivity index (χ3n) is 4.55. The van der Waals surface area contributed by atoms with Crippen LogP contribution in [0.5, 0.6) is 0 Å². The highest BCUT2D eigenvalue weighted by molar-refractivity contribution is 6.05.